The number of aliphatic carboxylic acids is 1. The van der Waals surface area contributed by atoms with Crippen LogP contribution in [-0.4, -0.2) is 30.6 Å². The molecule has 0 atom stereocenters. The minimum atomic E-state index is -1.16. The molecular weight excluding hydrogens is 136 g/mol. The van der Waals surface area contributed by atoms with E-state index in [0.717, 1.165) is 0 Å². The minimum Gasteiger partial charge on any atom is -0.479 e. The van der Waals surface area contributed by atoms with Crippen LogP contribution in [0.25, 0.3) is 0 Å². The van der Waals surface area contributed by atoms with Gasteiger partial charge in [-0.25, -0.2) is 4.79 Å². The SMILES string of the molecule is COCOC(C)(C)C(=O)O. The average Bonchev–Trinajstić information content (AvgIpc) is 1.84. The van der Waals surface area contributed by atoms with Gasteiger partial charge in [-0.1, -0.05) is 0 Å². The molecule has 4 nitrogen and oxygen atoms in total. The highest BCUT2D eigenvalue weighted by atomic mass is 16.7. The van der Waals surface area contributed by atoms with Gasteiger partial charge < -0.3 is 14.6 Å². The molecule has 0 aliphatic carbocycles. The molecule has 0 heterocycles. The Morgan fingerprint density at radius 3 is 2.40 bits per heavy atom. The van der Waals surface area contributed by atoms with E-state index in [4.69, 9.17) is 9.84 Å². The van der Waals surface area contributed by atoms with E-state index in [-0.39, 0.29) is 6.79 Å². The maximum Gasteiger partial charge on any atom is 0.335 e. The lowest BCUT2D eigenvalue weighted by atomic mass is 10.1. The summed E-state index contributed by atoms with van der Waals surface area (Å²) in [6.45, 7) is 2.93. The Bertz CT molecular complexity index is 119. The van der Waals surface area contributed by atoms with Crippen molar-refractivity contribution in [3.8, 4) is 0 Å². The van der Waals surface area contributed by atoms with Gasteiger partial charge in [0.15, 0.2) is 5.60 Å². The van der Waals surface area contributed by atoms with E-state index in [0.29, 0.717) is 0 Å². The largest absolute Gasteiger partial charge is 0.479 e. The third-order valence-electron chi connectivity index (χ3n) is 1.05. The third kappa shape index (κ3) is 2.80. The normalized spacial score (nSPS) is 11.5. The lowest BCUT2D eigenvalue weighted by Gasteiger charge is -2.18. The second-order valence-electron chi connectivity index (χ2n) is 2.37. The number of ether oxygens (including phenoxy) is 2. The fourth-order valence-electron chi connectivity index (χ4n) is 0.268. The monoisotopic (exact) mass is 148 g/mol. The Kier molecular flexibility index (Phi) is 3.32. The molecule has 0 aromatic heterocycles. The molecular formula is C6H12O4. The molecule has 10 heavy (non-hydrogen) atoms. The van der Waals surface area contributed by atoms with Crippen molar-refractivity contribution < 1.29 is 19.4 Å². The van der Waals surface area contributed by atoms with Crippen LogP contribution in [0.1, 0.15) is 13.8 Å². The van der Waals surface area contributed by atoms with Crippen molar-refractivity contribution in [3.63, 3.8) is 0 Å². The predicted octanol–water partition coefficient (Wildman–Crippen LogP) is 0.470. The number of rotatable bonds is 4. The van der Waals surface area contributed by atoms with E-state index >= 15 is 0 Å². The third-order valence-corrected chi connectivity index (χ3v) is 1.05. The fraction of sp³-hybridized carbons (Fsp3) is 0.833. The van der Waals surface area contributed by atoms with E-state index in [1.807, 2.05) is 0 Å². The van der Waals surface area contributed by atoms with E-state index in [9.17, 15) is 4.79 Å². The van der Waals surface area contributed by atoms with Crippen LogP contribution in [0.3, 0.4) is 0 Å². The first-order chi connectivity index (χ1) is 4.50. The van der Waals surface area contributed by atoms with Crippen molar-refractivity contribution >= 4 is 5.97 Å². The van der Waals surface area contributed by atoms with Crippen LogP contribution in [0.2, 0.25) is 0 Å². The summed E-state index contributed by atoms with van der Waals surface area (Å²) in [6.07, 6.45) is 0. The molecule has 0 fully saturated rings. The first kappa shape index (κ1) is 9.39. The summed E-state index contributed by atoms with van der Waals surface area (Å²) in [5.74, 6) is -0.996. The standard InChI is InChI=1S/C6H12O4/c1-6(2,5(7)8)10-4-9-3/h4H2,1-3H3,(H,7,8). The van der Waals surface area contributed by atoms with Crippen LogP contribution >= 0.6 is 0 Å². The number of carbonyl (C=O) groups is 1. The molecule has 0 aromatic rings. The van der Waals surface area contributed by atoms with Crippen molar-refractivity contribution in [2.24, 2.45) is 0 Å². The molecule has 60 valence electrons. The van der Waals surface area contributed by atoms with E-state index in [1.54, 1.807) is 0 Å². The lowest BCUT2D eigenvalue weighted by molar-refractivity contribution is -0.174. The quantitative estimate of drug-likeness (QED) is 0.589. The first-order valence-corrected chi connectivity index (χ1v) is 2.87. The highest BCUT2D eigenvalue weighted by Crippen LogP contribution is 2.07. The number of carboxylic acids is 1. The molecule has 0 saturated heterocycles. The van der Waals surface area contributed by atoms with Gasteiger partial charge in [0.25, 0.3) is 0 Å². The second-order valence-corrected chi connectivity index (χ2v) is 2.37. The Morgan fingerprint density at radius 1 is 1.60 bits per heavy atom. The highest BCUT2D eigenvalue weighted by Gasteiger charge is 2.27. The summed E-state index contributed by atoms with van der Waals surface area (Å²) >= 11 is 0. The zero-order valence-electron chi connectivity index (χ0n) is 6.38. The maximum atomic E-state index is 10.3. The van der Waals surface area contributed by atoms with Crippen molar-refractivity contribution in [1.29, 1.82) is 0 Å². The molecule has 0 radical (unpaired) electrons. The molecule has 0 aromatic carbocycles. The minimum absolute atomic E-state index is 0.000694. The Morgan fingerprint density at radius 2 is 2.10 bits per heavy atom. The van der Waals surface area contributed by atoms with Crippen molar-refractivity contribution in [2.75, 3.05) is 13.9 Å². The fourth-order valence-corrected chi connectivity index (χ4v) is 0.268. The summed E-state index contributed by atoms with van der Waals surface area (Å²) in [6, 6.07) is 0. The van der Waals surface area contributed by atoms with Gasteiger partial charge in [-0.15, -0.1) is 0 Å². The number of methoxy groups -OCH3 is 1. The van der Waals surface area contributed by atoms with Crippen LogP contribution in [0, 0.1) is 0 Å². The van der Waals surface area contributed by atoms with Crippen molar-refractivity contribution in [3.05, 3.63) is 0 Å². The van der Waals surface area contributed by atoms with Crippen LogP contribution in [0.15, 0.2) is 0 Å². The van der Waals surface area contributed by atoms with Gasteiger partial charge in [0, 0.05) is 7.11 Å². The number of hydrogen-bond donors (Lipinski definition) is 1. The van der Waals surface area contributed by atoms with Crippen LogP contribution in [0.4, 0.5) is 0 Å². The topological polar surface area (TPSA) is 55.8 Å². The molecule has 0 aliphatic heterocycles. The molecule has 0 amide bonds. The van der Waals surface area contributed by atoms with Gasteiger partial charge in [0.1, 0.15) is 6.79 Å². The second kappa shape index (κ2) is 3.53. The maximum absolute atomic E-state index is 10.3. The summed E-state index contributed by atoms with van der Waals surface area (Å²) in [5, 5.41) is 8.49. The van der Waals surface area contributed by atoms with Gasteiger partial charge in [0.2, 0.25) is 0 Å². The Hall–Kier alpha value is -0.610. The molecule has 0 unspecified atom stereocenters. The zero-order valence-corrected chi connectivity index (χ0v) is 6.38. The molecule has 0 spiro atoms. The van der Waals surface area contributed by atoms with Gasteiger partial charge in [-0.05, 0) is 13.8 Å². The van der Waals surface area contributed by atoms with Crippen LogP contribution < -0.4 is 0 Å². The molecule has 0 bridgehead atoms. The predicted molar refractivity (Wildman–Crippen MR) is 34.7 cm³/mol. The van der Waals surface area contributed by atoms with Gasteiger partial charge in [-0.3, -0.25) is 0 Å². The highest BCUT2D eigenvalue weighted by molar-refractivity contribution is 5.76. The Labute approximate surface area is 59.7 Å². The first-order valence-electron chi connectivity index (χ1n) is 2.87. The van der Waals surface area contributed by atoms with Gasteiger partial charge >= 0.3 is 5.97 Å². The number of hydrogen-bond acceptors (Lipinski definition) is 3. The molecule has 0 aliphatic rings. The van der Waals surface area contributed by atoms with Crippen molar-refractivity contribution in [1.82, 2.24) is 0 Å². The Balaban J connectivity index is 3.75. The van der Waals surface area contributed by atoms with E-state index in [2.05, 4.69) is 4.74 Å². The molecule has 4 heteroatoms. The van der Waals surface area contributed by atoms with Gasteiger partial charge in [0.05, 0.1) is 0 Å². The van der Waals surface area contributed by atoms with Crippen molar-refractivity contribution in [2.45, 2.75) is 19.4 Å². The smallest absolute Gasteiger partial charge is 0.335 e. The molecule has 0 rings (SSSR count). The zero-order chi connectivity index (χ0) is 8.20. The number of carboxylic acid groups (broad SMARTS) is 1. The molecule has 0 saturated carbocycles. The average molecular weight is 148 g/mol. The molecule has 1 N–H and O–H groups in total. The summed E-state index contributed by atoms with van der Waals surface area (Å²) in [4.78, 5) is 10.3. The summed E-state index contributed by atoms with van der Waals surface area (Å²) in [5.41, 5.74) is -1.16. The lowest BCUT2D eigenvalue weighted by Crippen LogP contribution is -2.35. The van der Waals surface area contributed by atoms with E-state index < -0.39 is 11.6 Å². The summed E-state index contributed by atoms with van der Waals surface area (Å²) < 4.78 is 9.36. The van der Waals surface area contributed by atoms with Gasteiger partial charge in [-0.2, -0.15) is 0 Å². The van der Waals surface area contributed by atoms with E-state index in [1.165, 1.54) is 21.0 Å². The van der Waals surface area contributed by atoms with Crippen LogP contribution in [-0.2, 0) is 14.3 Å². The van der Waals surface area contributed by atoms with Crippen LogP contribution in [0.5, 0.6) is 0 Å². The summed E-state index contributed by atoms with van der Waals surface area (Å²) in [7, 11) is 1.44.